The predicted molar refractivity (Wildman–Crippen MR) is 128 cm³/mol. The van der Waals surface area contributed by atoms with Crippen molar-refractivity contribution in [1.82, 2.24) is 14.9 Å². The number of hydrogen-bond donors (Lipinski definition) is 1. The van der Waals surface area contributed by atoms with Crippen LogP contribution in [-0.2, 0) is 0 Å². The van der Waals surface area contributed by atoms with Crippen LogP contribution >= 0.6 is 11.6 Å². The number of nitrogens with one attached hydrogen (secondary N) is 1. The van der Waals surface area contributed by atoms with Gasteiger partial charge in [0.05, 0.1) is 17.7 Å². The summed E-state index contributed by atoms with van der Waals surface area (Å²) in [6, 6.07) is 18.2. The average molecular weight is 429 g/mol. The summed E-state index contributed by atoms with van der Waals surface area (Å²) in [6.45, 7) is 4.45. The van der Waals surface area contributed by atoms with Gasteiger partial charge in [-0.15, -0.1) is 0 Å². The minimum absolute atomic E-state index is 0.183. The van der Waals surface area contributed by atoms with Gasteiger partial charge < -0.3 is 9.88 Å². The molecule has 0 fully saturated rings. The summed E-state index contributed by atoms with van der Waals surface area (Å²) in [7, 11) is 4.20. The molecular weight excluding hydrogens is 404 g/mol. The molecule has 4 nitrogen and oxygen atoms in total. The highest BCUT2D eigenvalue weighted by molar-refractivity contribution is 6.30. The SMILES string of the molecule is CC(C)C(c1[nH]c2ccc(C#N)cc2c1-c1cncc(-c2cccc(Cl)c2)c1)N(C)C. The van der Waals surface area contributed by atoms with Gasteiger partial charge in [0, 0.05) is 50.7 Å². The molecule has 0 bridgehead atoms. The van der Waals surface area contributed by atoms with Crippen molar-refractivity contribution in [1.29, 1.82) is 5.26 Å². The van der Waals surface area contributed by atoms with Crippen molar-refractivity contribution in [2.45, 2.75) is 19.9 Å². The highest BCUT2D eigenvalue weighted by atomic mass is 35.5. The summed E-state index contributed by atoms with van der Waals surface area (Å²) >= 11 is 6.22. The van der Waals surface area contributed by atoms with Crippen molar-refractivity contribution in [2.75, 3.05) is 14.1 Å². The number of aromatic amines is 1. The summed E-state index contributed by atoms with van der Waals surface area (Å²) in [6.07, 6.45) is 3.75. The fourth-order valence-corrected chi connectivity index (χ4v) is 4.60. The average Bonchev–Trinajstić information content (AvgIpc) is 3.11. The van der Waals surface area contributed by atoms with E-state index in [4.69, 9.17) is 11.6 Å². The lowest BCUT2D eigenvalue weighted by atomic mass is 9.92. The third-order valence-electron chi connectivity index (χ3n) is 5.63. The van der Waals surface area contributed by atoms with Gasteiger partial charge in [0.25, 0.3) is 0 Å². The Bertz CT molecular complexity index is 1270. The normalized spacial score (nSPS) is 12.5. The van der Waals surface area contributed by atoms with Crippen molar-refractivity contribution in [3.63, 3.8) is 0 Å². The van der Waals surface area contributed by atoms with Crippen LogP contribution in [0, 0.1) is 17.2 Å². The first-order chi connectivity index (χ1) is 14.9. The molecule has 4 aromatic rings. The zero-order chi connectivity index (χ0) is 22.1. The van der Waals surface area contributed by atoms with Gasteiger partial charge >= 0.3 is 0 Å². The van der Waals surface area contributed by atoms with E-state index in [9.17, 15) is 5.26 Å². The van der Waals surface area contributed by atoms with Gasteiger partial charge in [-0.2, -0.15) is 5.26 Å². The Balaban J connectivity index is 1.99. The van der Waals surface area contributed by atoms with Crippen LogP contribution in [0.25, 0.3) is 33.2 Å². The molecule has 1 unspecified atom stereocenters. The van der Waals surface area contributed by atoms with Crippen molar-refractivity contribution < 1.29 is 0 Å². The van der Waals surface area contributed by atoms with Crippen molar-refractivity contribution in [2.24, 2.45) is 5.92 Å². The van der Waals surface area contributed by atoms with Crippen molar-refractivity contribution >= 4 is 22.5 Å². The molecule has 0 saturated heterocycles. The Kier molecular flexibility index (Phi) is 5.82. The van der Waals surface area contributed by atoms with E-state index < -0.39 is 0 Å². The van der Waals surface area contributed by atoms with E-state index in [1.165, 1.54) is 0 Å². The third kappa shape index (κ3) is 4.07. The van der Waals surface area contributed by atoms with Crippen molar-refractivity contribution in [3.05, 3.63) is 77.2 Å². The van der Waals surface area contributed by atoms with Crippen molar-refractivity contribution in [3.8, 4) is 28.3 Å². The molecule has 2 aromatic carbocycles. The molecule has 2 heterocycles. The molecule has 0 aliphatic rings. The first-order valence-electron chi connectivity index (χ1n) is 10.3. The van der Waals surface area contributed by atoms with E-state index in [0.29, 0.717) is 16.5 Å². The molecule has 5 heteroatoms. The number of benzene rings is 2. The number of nitrogens with zero attached hydrogens (tertiary/aromatic N) is 3. The smallest absolute Gasteiger partial charge is 0.0991 e. The quantitative estimate of drug-likeness (QED) is 0.385. The minimum atomic E-state index is 0.183. The Morgan fingerprint density at radius 2 is 1.77 bits per heavy atom. The molecule has 0 aliphatic heterocycles. The zero-order valence-corrected chi connectivity index (χ0v) is 18.9. The second kappa shape index (κ2) is 8.55. The first kappa shape index (κ1) is 21.1. The lowest BCUT2D eigenvalue weighted by molar-refractivity contribution is 0.232. The number of pyridine rings is 1. The van der Waals surface area contributed by atoms with Crippen LogP contribution in [0.4, 0.5) is 0 Å². The molecule has 156 valence electrons. The second-order valence-corrected chi connectivity index (χ2v) is 8.85. The first-order valence-corrected chi connectivity index (χ1v) is 10.7. The molecule has 0 spiro atoms. The number of rotatable bonds is 5. The Labute approximate surface area is 188 Å². The van der Waals surface area contributed by atoms with Gasteiger partial charge in [0.1, 0.15) is 0 Å². The topological polar surface area (TPSA) is 55.7 Å². The van der Waals surface area contributed by atoms with E-state index in [0.717, 1.165) is 38.9 Å². The van der Waals surface area contributed by atoms with E-state index in [1.807, 2.05) is 54.9 Å². The summed E-state index contributed by atoms with van der Waals surface area (Å²) in [4.78, 5) is 10.4. The fraction of sp³-hybridized carbons (Fsp3) is 0.231. The summed E-state index contributed by atoms with van der Waals surface area (Å²) in [5, 5.41) is 11.2. The maximum atomic E-state index is 9.48. The molecule has 0 saturated carbocycles. The number of halogens is 1. The molecular formula is C26H25ClN4. The van der Waals surface area contributed by atoms with E-state index >= 15 is 0 Å². The van der Waals surface area contributed by atoms with Gasteiger partial charge in [-0.3, -0.25) is 4.98 Å². The van der Waals surface area contributed by atoms with Gasteiger partial charge in [-0.25, -0.2) is 0 Å². The third-order valence-corrected chi connectivity index (χ3v) is 5.86. The van der Waals surface area contributed by atoms with Gasteiger partial charge in [0.15, 0.2) is 0 Å². The Morgan fingerprint density at radius 1 is 1.00 bits per heavy atom. The standard InChI is InChI=1S/C26H25ClN4/c1-16(2)26(31(3)4)25-24(22-10-17(13-28)8-9-23(22)30-25)20-11-19(14-29-15-20)18-6-5-7-21(27)12-18/h5-12,14-16,26,30H,1-4H3. The molecule has 4 rings (SSSR count). The molecule has 0 radical (unpaired) electrons. The predicted octanol–water partition coefficient (Wildman–Crippen LogP) is 6.68. The number of aromatic nitrogens is 2. The zero-order valence-electron chi connectivity index (χ0n) is 18.1. The number of fused-ring (bicyclic) bond motifs is 1. The van der Waals surface area contributed by atoms with Crippen LogP contribution < -0.4 is 0 Å². The second-order valence-electron chi connectivity index (χ2n) is 8.41. The van der Waals surface area contributed by atoms with Crippen LogP contribution in [0.3, 0.4) is 0 Å². The van der Waals surface area contributed by atoms with E-state index in [-0.39, 0.29) is 6.04 Å². The lowest BCUT2D eigenvalue weighted by Crippen LogP contribution is -2.25. The van der Waals surface area contributed by atoms with Crippen LogP contribution in [0.1, 0.15) is 31.1 Å². The molecule has 1 N–H and O–H groups in total. The largest absolute Gasteiger partial charge is 0.357 e. The summed E-state index contributed by atoms with van der Waals surface area (Å²) in [5.74, 6) is 0.390. The van der Waals surface area contributed by atoms with Crippen LogP contribution in [0.2, 0.25) is 5.02 Å². The van der Waals surface area contributed by atoms with Crippen LogP contribution in [0.15, 0.2) is 60.9 Å². The molecule has 0 aliphatic carbocycles. The minimum Gasteiger partial charge on any atom is -0.357 e. The van der Waals surface area contributed by atoms with Crippen LogP contribution in [0.5, 0.6) is 0 Å². The monoisotopic (exact) mass is 428 g/mol. The maximum absolute atomic E-state index is 9.48. The molecule has 2 aromatic heterocycles. The van der Waals surface area contributed by atoms with Gasteiger partial charge in [0.2, 0.25) is 0 Å². The fourth-order valence-electron chi connectivity index (χ4n) is 4.41. The Hall–Kier alpha value is -3.13. The highest BCUT2D eigenvalue weighted by Gasteiger charge is 2.26. The number of nitriles is 1. The summed E-state index contributed by atoms with van der Waals surface area (Å²) < 4.78 is 0. The molecule has 1 atom stereocenters. The van der Waals surface area contributed by atoms with Gasteiger partial charge in [-0.1, -0.05) is 37.6 Å². The lowest BCUT2D eigenvalue weighted by Gasteiger charge is -2.28. The van der Waals surface area contributed by atoms with Crippen LogP contribution in [-0.4, -0.2) is 29.0 Å². The summed E-state index contributed by atoms with van der Waals surface area (Å²) in [5.41, 5.74) is 6.93. The number of H-pyrrole nitrogens is 1. The van der Waals surface area contributed by atoms with E-state index in [2.05, 4.69) is 54.9 Å². The number of hydrogen-bond acceptors (Lipinski definition) is 3. The van der Waals surface area contributed by atoms with Gasteiger partial charge in [-0.05, 0) is 62.0 Å². The van der Waals surface area contributed by atoms with E-state index in [1.54, 1.807) is 0 Å². The molecule has 31 heavy (non-hydrogen) atoms. The highest BCUT2D eigenvalue weighted by Crippen LogP contribution is 2.40. The molecule has 0 amide bonds. The Morgan fingerprint density at radius 3 is 2.45 bits per heavy atom. The maximum Gasteiger partial charge on any atom is 0.0991 e.